The molecule has 1 N–H and O–H groups in total. The van der Waals surface area contributed by atoms with Gasteiger partial charge in [0.2, 0.25) is 17.7 Å². The molecule has 1 aliphatic heterocycles. The zero-order valence-electron chi connectivity index (χ0n) is 15.0. The van der Waals surface area contributed by atoms with Crippen LogP contribution in [0.4, 0.5) is 0 Å². The number of rotatable bonds is 6. The van der Waals surface area contributed by atoms with Gasteiger partial charge in [0.05, 0.1) is 5.92 Å². The van der Waals surface area contributed by atoms with Crippen LogP contribution in [0.3, 0.4) is 0 Å². The van der Waals surface area contributed by atoms with E-state index in [9.17, 15) is 14.7 Å². The summed E-state index contributed by atoms with van der Waals surface area (Å²) in [6.45, 7) is 0.627. The quantitative estimate of drug-likeness (QED) is 0.687. The number of carboxylic acid groups (broad SMARTS) is 1. The lowest BCUT2D eigenvalue weighted by Crippen LogP contribution is -2.30. The third-order valence-corrected chi connectivity index (χ3v) is 5.69. The van der Waals surface area contributed by atoms with Gasteiger partial charge in [0.25, 0.3) is 0 Å². The normalized spacial score (nSPS) is 19.1. The van der Waals surface area contributed by atoms with Gasteiger partial charge in [-0.3, -0.25) is 9.59 Å². The van der Waals surface area contributed by atoms with E-state index in [1.54, 1.807) is 16.2 Å². The molecule has 3 heterocycles. The van der Waals surface area contributed by atoms with E-state index in [4.69, 9.17) is 4.42 Å². The molecule has 4 rings (SSSR count). The molecule has 2 atom stereocenters. The number of amides is 1. The van der Waals surface area contributed by atoms with E-state index < -0.39 is 11.9 Å². The fourth-order valence-electron chi connectivity index (χ4n) is 3.53. The van der Waals surface area contributed by atoms with E-state index >= 15 is 0 Å². The minimum Gasteiger partial charge on any atom is -0.481 e. The first-order chi connectivity index (χ1) is 13.6. The molecule has 1 aromatic carbocycles. The third-order valence-electron chi connectivity index (χ3n) is 5.01. The van der Waals surface area contributed by atoms with Gasteiger partial charge in [0.1, 0.15) is 0 Å². The standard InChI is InChI=1S/C20H19N3O4S/c24-18(7-6-17-21-22-19(27-17)14-8-9-28-12-14)23-10-15(16(11-23)20(25)26)13-4-2-1-3-5-13/h1-5,8-9,12,15-16H,6-7,10-11H2,(H,25,26)/t15-,16-/m1/s1. The van der Waals surface area contributed by atoms with Crippen molar-refractivity contribution in [3.05, 3.63) is 58.6 Å². The zero-order chi connectivity index (χ0) is 19.5. The van der Waals surface area contributed by atoms with Crippen LogP contribution in [-0.2, 0) is 16.0 Å². The molecule has 0 spiro atoms. The fraction of sp³-hybridized carbons (Fsp3) is 0.300. The second-order valence-corrected chi connectivity index (χ2v) is 7.55. The Balaban J connectivity index is 1.39. The van der Waals surface area contributed by atoms with Crippen LogP contribution < -0.4 is 0 Å². The number of aliphatic carboxylic acids is 1. The van der Waals surface area contributed by atoms with Gasteiger partial charge in [0, 0.05) is 42.8 Å². The third kappa shape index (κ3) is 3.82. The largest absolute Gasteiger partial charge is 0.481 e. The molecular formula is C20H19N3O4S. The van der Waals surface area contributed by atoms with Crippen LogP contribution in [0.5, 0.6) is 0 Å². The molecule has 28 heavy (non-hydrogen) atoms. The first-order valence-corrected chi connectivity index (χ1v) is 9.96. The number of carbonyl (C=O) groups excluding carboxylic acids is 1. The van der Waals surface area contributed by atoms with E-state index in [0.29, 0.717) is 24.7 Å². The molecule has 1 aliphatic rings. The summed E-state index contributed by atoms with van der Waals surface area (Å²) >= 11 is 1.54. The number of benzene rings is 1. The molecule has 0 unspecified atom stereocenters. The first kappa shape index (κ1) is 18.4. The number of nitrogens with zero attached hydrogens (tertiary/aromatic N) is 3. The molecule has 144 valence electrons. The number of aromatic nitrogens is 2. The van der Waals surface area contributed by atoms with E-state index in [2.05, 4.69) is 10.2 Å². The minimum absolute atomic E-state index is 0.0973. The van der Waals surface area contributed by atoms with Crippen molar-refractivity contribution < 1.29 is 19.1 Å². The van der Waals surface area contributed by atoms with E-state index in [1.807, 2.05) is 47.2 Å². The summed E-state index contributed by atoms with van der Waals surface area (Å²) in [6.07, 6.45) is 0.541. The summed E-state index contributed by atoms with van der Waals surface area (Å²) in [7, 11) is 0. The number of likely N-dealkylation sites (tertiary alicyclic amines) is 1. The van der Waals surface area contributed by atoms with Gasteiger partial charge < -0.3 is 14.4 Å². The fourth-order valence-corrected chi connectivity index (χ4v) is 4.15. The number of thiophene rings is 1. The van der Waals surface area contributed by atoms with E-state index in [-0.39, 0.29) is 24.8 Å². The van der Waals surface area contributed by atoms with Gasteiger partial charge in [0.15, 0.2) is 0 Å². The maximum Gasteiger partial charge on any atom is 0.308 e. The summed E-state index contributed by atoms with van der Waals surface area (Å²) in [5.41, 5.74) is 1.81. The average molecular weight is 397 g/mol. The second kappa shape index (κ2) is 7.93. The lowest BCUT2D eigenvalue weighted by Gasteiger charge is -2.16. The monoisotopic (exact) mass is 397 g/mol. The molecule has 0 radical (unpaired) electrons. The predicted octanol–water partition coefficient (Wildman–Crippen LogP) is 3.06. The Bertz CT molecular complexity index is 955. The van der Waals surface area contributed by atoms with Crippen LogP contribution in [0.25, 0.3) is 11.5 Å². The molecule has 1 saturated heterocycles. The Morgan fingerprint density at radius 2 is 2.00 bits per heavy atom. The molecule has 0 bridgehead atoms. The molecule has 3 aromatic rings. The highest BCUT2D eigenvalue weighted by molar-refractivity contribution is 7.08. The van der Waals surface area contributed by atoms with Crippen LogP contribution in [0.1, 0.15) is 23.8 Å². The molecule has 2 aromatic heterocycles. The number of aryl methyl sites for hydroxylation is 1. The summed E-state index contributed by atoms with van der Waals surface area (Å²) in [5, 5.41) is 21.4. The van der Waals surface area contributed by atoms with Crippen molar-refractivity contribution in [2.45, 2.75) is 18.8 Å². The highest BCUT2D eigenvalue weighted by Crippen LogP contribution is 2.33. The number of hydrogen-bond donors (Lipinski definition) is 1. The van der Waals surface area contributed by atoms with Crippen molar-refractivity contribution in [3.63, 3.8) is 0 Å². The molecular weight excluding hydrogens is 378 g/mol. The number of carboxylic acids is 1. The molecule has 1 amide bonds. The predicted molar refractivity (Wildman–Crippen MR) is 103 cm³/mol. The van der Waals surface area contributed by atoms with Crippen molar-refractivity contribution in [1.29, 1.82) is 0 Å². The first-order valence-electron chi connectivity index (χ1n) is 9.02. The van der Waals surface area contributed by atoms with E-state index in [1.165, 1.54) is 0 Å². The van der Waals surface area contributed by atoms with Crippen LogP contribution in [0, 0.1) is 5.92 Å². The molecule has 8 heteroatoms. The Labute approximate surface area is 165 Å². The highest BCUT2D eigenvalue weighted by Gasteiger charge is 2.40. The lowest BCUT2D eigenvalue weighted by molar-refractivity contribution is -0.141. The summed E-state index contributed by atoms with van der Waals surface area (Å²) < 4.78 is 5.61. The summed E-state index contributed by atoms with van der Waals surface area (Å²) in [5.74, 6) is -0.916. The van der Waals surface area contributed by atoms with Gasteiger partial charge >= 0.3 is 5.97 Å². The molecule has 0 saturated carbocycles. The number of hydrogen-bond acceptors (Lipinski definition) is 6. The highest BCUT2D eigenvalue weighted by atomic mass is 32.1. The van der Waals surface area contributed by atoms with Crippen LogP contribution >= 0.6 is 11.3 Å². The van der Waals surface area contributed by atoms with Gasteiger partial charge in [-0.05, 0) is 17.0 Å². The molecule has 7 nitrogen and oxygen atoms in total. The maximum absolute atomic E-state index is 12.6. The van der Waals surface area contributed by atoms with Crippen LogP contribution in [0.15, 0.2) is 51.6 Å². The van der Waals surface area contributed by atoms with Crippen molar-refractivity contribution in [2.75, 3.05) is 13.1 Å². The van der Waals surface area contributed by atoms with Crippen LogP contribution in [0.2, 0.25) is 0 Å². The van der Waals surface area contributed by atoms with Gasteiger partial charge in [-0.1, -0.05) is 30.3 Å². The van der Waals surface area contributed by atoms with Crippen molar-refractivity contribution in [2.24, 2.45) is 5.92 Å². The van der Waals surface area contributed by atoms with Crippen molar-refractivity contribution in [1.82, 2.24) is 15.1 Å². The average Bonchev–Trinajstić information content (AvgIpc) is 3.46. The zero-order valence-corrected chi connectivity index (χ0v) is 15.8. The lowest BCUT2D eigenvalue weighted by atomic mass is 9.89. The Morgan fingerprint density at radius 1 is 1.18 bits per heavy atom. The Morgan fingerprint density at radius 3 is 2.71 bits per heavy atom. The van der Waals surface area contributed by atoms with Gasteiger partial charge in [-0.25, -0.2) is 0 Å². The van der Waals surface area contributed by atoms with Gasteiger partial charge in [-0.2, -0.15) is 11.3 Å². The van der Waals surface area contributed by atoms with Crippen molar-refractivity contribution in [3.8, 4) is 11.5 Å². The SMILES string of the molecule is O=C(O)[C@@H]1CN(C(=O)CCc2nnc(-c3ccsc3)o2)C[C@@H]1c1ccccc1. The number of carbonyl (C=O) groups is 2. The minimum atomic E-state index is -0.874. The van der Waals surface area contributed by atoms with Gasteiger partial charge in [-0.15, -0.1) is 10.2 Å². The smallest absolute Gasteiger partial charge is 0.308 e. The Hall–Kier alpha value is -3.00. The topological polar surface area (TPSA) is 96.5 Å². The summed E-state index contributed by atoms with van der Waals surface area (Å²) in [6, 6.07) is 11.4. The second-order valence-electron chi connectivity index (χ2n) is 6.77. The molecule has 1 fully saturated rings. The van der Waals surface area contributed by atoms with Crippen molar-refractivity contribution >= 4 is 23.2 Å². The summed E-state index contributed by atoms with van der Waals surface area (Å²) in [4.78, 5) is 26.0. The van der Waals surface area contributed by atoms with E-state index in [0.717, 1.165) is 11.1 Å². The molecule has 0 aliphatic carbocycles. The Kier molecular flexibility index (Phi) is 5.21. The maximum atomic E-state index is 12.6. The van der Waals surface area contributed by atoms with Crippen LogP contribution in [-0.4, -0.2) is 45.2 Å².